The molecule has 0 bridgehead atoms. The lowest BCUT2D eigenvalue weighted by molar-refractivity contribution is 0.501. The monoisotopic (exact) mass is 290 g/mol. The van der Waals surface area contributed by atoms with Gasteiger partial charge in [0, 0.05) is 12.0 Å². The molecule has 0 radical (unpaired) electrons. The van der Waals surface area contributed by atoms with Crippen LogP contribution < -0.4 is 10.5 Å². The summed E-state index contributed by atoms with van der Waals surface area (Å²) in [4.78, 5) is 0.229. The van der Waals surface area contributed by atoms with Gasteiger partial charge in [0.15, 0.2) is 0 Å². The summed E-state index contributed by atoms with van der Waals surface area (Å²) in [6.45, 7) is 3.56. The summed E-state index contributed by atoms with van der Waals surface area (Å²) in [6, 6.07) is 4.58. The summed E-state index contributed by atoms with van der Waals surface area (Å²) >= 11 is 4.85. The number of hydrogen-bond donors (Lipinski definition) is 2. The number of nitrogens with two attached hydrogens (primary N) is 1. The molecule has 0 aliphatic carbocycles. The molecule has 1 aromatic carbocycles. The second-order valence-electron chi connectivity index (χ2n) is 4.53. The van der Waals surface area contributed by atoms with Crippen molar-refractivity contribution in [1.29, 1.82) is 0 Å². The maximum absolute atomic E-state index is 12.7. The highest BCUT2D eigenvalue weighted by Gasteiger charge is 2.24. The van der Waals surface area contributed by atoms with E-state index < -0.39 is 21.3 Å². The highest BCUT2D eigenvalue weighted by molar-refractivity contribution is 7.89. The van der Waals surface area contributed by atoms with Gasteiger partial charge in [0.05, 0.1) is 9.88 Å². The van der Waals surface area contributed by atoms with Crippen LogP contribution in [0.2, 0.25) is 0 Å². The molecule has 4 nitrogen and oxygen atoms in total. The number of halogens is 1. The predicted molar refractivity (Wildman–Crippen MR) is 72.2 cm³/mol. The Bertz CT molecular complexity index is 539. The zero-order chi connectivity index (χ0) is 14.0. The maximum Gasteiger partial charge on any atom is 0.240 e. The fraction of sp³-hybridized carbons (Fsp3) is 0.364. The van der Waals surface area contributed by atoms with Gasteiger partial charge in [-0.3, -0.25) is 0 Å². The van der Waals surface area contributed by atoms with Crippen LogP contribution in [-0.4, -0.2) is 20.0 Å². The zero-order valence-electron chi connectivity index (χ0n) is 10.1. The molecule has 0 aliphatic heterocycles. The molecule has 0 aliphatic rings. The third-order valence-corrected chi connectivity index (χ3v) is 4.46. The van der Waals surface area contributed by atoms with Crippen LogP contribution in [0.4, 0.5) is 4.39 Å². The largest absolute Gasteiger partial charge is 0.393 e. The molecule has 0 heterocycles. The van der Waals surface area contributed by atoms with E-state index in [1.807, 2.05) is 0 Å². The molecular weight excluding hydrogens is 275 g/mol. The highest BCUT2D eigenvalue weighted by atomic mass is 32.2. The number of thiocarbonyl (C=S) groups is 1. The lowest BCUT2D eigenvalue weighted by Gasteiger charge is -2.23. The number of nitrogens with one attached hydrogen (secondary N) is 1. The van der Waals surface area contributed by atoms with Crippen molar-refractivity contribution < 1.29 is 12.8 Å². The molecule has 1 aromatic rings. The fourth-order valence-electron chi connectivity index (χ4n) is 1.06. The van der Waals surface area contributed by atoms with Gasteiger partial charge in [-0.25, -0.2) is 17.5 Å². The van der Waals surface area contributed by atoms with E-state index in [0.29, 0.717) is 0 Å². The van der Waals surface area contributed by atoms with Gasteiger partial charge in [0.1, 0.15) is 5.82 Å². The first kappa shape index (κ1) is 15.0. The van der Waals surface area contributed by atoms with Gasteiger partial charge in [-0.05, 0) is 24.3 Å². The van der Waals surface area contributed by atoms with Crippen LogP contribution in [0.5, 0.6) is 0 Å². The molecule has 0 spiro atoms. The molecule has 0 aromatic heterocycles. The standard InChI is InChI=1S/C11H15FN2O2S2/c1-11(2,10(13)17)7-14-18(15,16)9-5-3-8(12)4-6-9/h3-6,14H,7H2,1-2H3,(H2,13,17). The van der Waals surface area contributed by atoms with E-state index in [0.717, 1.165) is 12.1 Å². The quantitative estimate of drug-likeness (QED) is 0.804. The van der Waals surface area contributed by atoms with Gasteiger partial charge in [-0.2, -0.15) is 0 Å². The van der Waals surface area contributed by atoms with Gasteiger partial charge in [0.2, 0.25) is 10.0 Å². The molecule has 7 heteroatoms. The van der Waals surface area contributed by atoms with Crippen LogP contribution in [0, 0.1) is 11.2 Å². The maximum atomic E-state index is 12.7. The SMILES string of the molecule is CC(C)(CNS(=O)(=O)c1ccc(F)cc1)C(N)=S. The number of hydrogen-bond acceptors (Lipinski definition) is 3. The normalized spacial score (nSPS) is 12.4. The second-order valence-corrected chi connectivity index (χ2v) is 6.73. The van der Waals surface area contributed by atoms with Gasteiger partial charge in [0.25, 0.3) is 0 Å². The lowest BCUT2D eigenvalue weighted by atomic mass is 9.94. The van der Waals surface area contributed by atoms with E-state index in [-0.39, 0.29) is 16.4 Å². The Morgan fingerprint density at radius 2 is 1.89 bits per heavy atom. The zero-order valence-corrected chi connectivity index (χ0v) is 11.7. The first-order valence-corrected chi connectivity index (χ1v) is 7.09. The minimum absolute atomic E-state index is 0.00244. The molecule has 1 rings (SSSR count). The smallest absolute Gasteiger partial charge is 0.240 e. The molecular formula is C11H15FN2O2S2. The summed E-state index contributed by atoms with van der Waals surface area (Å²) in [6.07, 6.45) is 0. The van der Waals surface area contributed by atoms with Crippen molar-refractivity contribution in [3.8, 4) is 0 Å². The molecule has 0 fully saturated rings. The predicted octanol–water partition coefficient (Wildman–Crippen LogP) is 1.42. The summed E-state index contributed by atoms with van der Waals surface area (Å²) in [5, 5.41) is 0. The van der Waals surface area contributed by atoms with Gasteiger partial charge < -0.3 is 5.73 Å². The molecule has 3 N–H and O–H groups in total. The van der Waals surface area contributed by atoms with Crippen molar-refractivity contribution >= 4 is 27.2 Å². The summed E-state index contributed by atoms with van der Waals surface area (Å²) < 4.78 is 38.9. The van der Waals surface area contributed by atoms with Crippen molar-refractivity contribution in [3.05, 3.63) is 30.1 Å². The Morgan fingerprint density at radius 1 is 1.39 bits per heavy atom. The lowest BCUT2D eigenvalue weighted by Crippen LogP contribution is -2.41. The van der Waals surface area contributed by atoms with Crippen LogP contribution in [0.15, 0.2) is 29.2 Å². The average Bonchev–Trinajstić information content (AvgIpc) is 2.27. The molecule has 100 valence electrons. The Morgan fingerprint density at radius 3 is 2.33 bits per heavy atom. The average molecular weight is 290 g/mol. The van der Waals surface area contributed by atoms with Crippen LogP contribution in [0.3, 0.4) is 0 Å². The van der Waals surface area contributed by atoms with Gasteiger partial charge in [-0.1, -0.05) is 26.1 Å². The fourth-order valence-corrected chi connectivity index (χ4v) is 2.34. The number of rotatable bonds is 5. The van der Waals surface area contributed by atoms with Crippen LogP contribution in [0.25, 0.3) is 0 Å². The van der Waals surface area contributed by atoms with Crippen molar-refractivity contribution in [1.82, 2.24) is 4.72 Å². The van der Waals surface area contributed by atoms with Crippen LogP contribution in [0.1, 0.15) is 13.8 Å². The van der Waals surface area contributed by atoms with E-state index >= 15 is 0 Å². The van der Waals surface area contributed by atoms with Crippen molar-refractivity contribution in [2.24, 2.45) is 11.1 Å². The van der Waals surface area contributed by atoms with E-state index in [1.54, 1.807) is 13.8 Å². The Hall–Kier alpha value is -1.05. The van der Waals surface area contributed by atoms with Gasteiger partial charge in [-0.15, -0.1) is 0 Å². The van der Waals surface area contributed by atoms with E-state index in [2.05, 4.69) is 4.72 Å². The molecule has 0 unspecified atom stereocenters. The molecule has 0 saturated heterocycles. The Kier molecular flexibility index (Phi) is 4.41. The summed E-state index contributed by atoms with van der Waals surface area (Å²) in [5.74, 6) is -0.489. The second kappa shape index (κ2) is 5.29. The van der Waals surface area contributed by atoms with E-state index in [4.69, 9.17) is 18.0 Å². The van der Waals surface area contributed by atoms with Crippen molar-refractivity contribution in [2.75, 3.05) is 6.54 Å². The van der Waals surface area contributed by atoms with E-state index in [9.17, 15) is 12.8 Å². The molecule has 0 amide bonds. The first-order valence-electron chi connectivity index (χ1n) is 5.20. The summed E-state index contributed by atoms with van der Waals surface area (Å²) in [7, 11) is -3.68. The number of benzene rings is 1. The van der Waals surface area contributed by atoms with Crippen LogP contribution in [-0.2, 0) is 10.0 Å². The number of sulfonamides is 1. The van der Waals surface area contributed by atoms with Crippen LogP contribution >= 0.6 is 12.2 Å². The third kappa shape index (κ3) is 3.72. The highest BCUT2D eigenvalue weighted by Crippen LogP contribution is 2.16. The molecule has 0 atom stereocenters. The van der Waals surface area contributed by atoms with Crippen molar-refractivity contribution in [2.45, 2.75) is 18.7 Å². The van der Waals surface area contributed by atoms with Crippen molar-refractivity contribution in [3.63, 3.8) is 0 Å². The summed E-state index contributed by atoms with van der Waals surface area (Å²) in [5.41, 5.74) is 4.88. The molecule has 18 heavy (non-hydrogen) atoms. The topological polar surface area (TPSA) is 72.2 Å². The first-order chi connectivity index (χ1) is 8.15. The van der Waals surface area contributed by atoms with Gasteiger partial charge >= 0.3 is 0 Å². The minimum atomic E-state index is -3.68. The third-order valence-electron chi connectivity index (χ3n) is 2.50. The molecule has 0 saturated carbocycles. The Balaban J connectivity index is 2.84. The Labute approximate surface area is 111 Å². The minimum Gasteiger partial charge on any atom is -0.393 e. The van der Waals surface area contributed by atoms with E-state index in [1.165, 1.54) is 12.1 Å².